The number of carboxylic acids is 1. The predicted octanol–water partition coefficient (Wildman–Crippen LogP) is 2.76. The van der Waals surface area contributed by atoms with Gasteiger partial charge in [0.05, 0.1) is 12.5 Å². The molecule has 0 aliphatic heterocycles. The van der Waals surface area contributed by atoms with Crippen molar-refractivity contribution in [3.8, 4) is 0 Å². The lowest BCUT2D eigenvalue weighted by atomic mass is 10.0. The van der Waals surface area contributed by atoms with Gasteiger partial charge in [0.25, 0.3) is 0 Å². The molecular weight excluding hydrogens is 332 g/mol. The molecule has 106 valence electrons. The fourth-order valence-electron chi connectivity index (χ4n) is 1.39. The van der Waals surface area contributed by atoms with E-state index in [4.69, 9.17) is 5.11 Å². The van der Waals surface area contributed by atoms with Crippen molar-refractivity contribution in [1.82, 2.24) is 10.2 Å². The number of carboxylic acid groups (broad SMARTS) is 1. The molecule has 0 spiro atoms. The highest BCUT2D eigenvalue weighted by Gasteiger charge is 2.22. The monoisotopic (exact) mass is 348 g/mol. The first-order chi connectivity index (χ1) is 8.81. The number of nitrogens with one attached hydrogen (secondary N) is 1. The molecular formula is C12H17BrN2O3S. The third-order valence-electron chi connectivity index (χ3n) is 2.85. The maximum atomic E-state index is 11.9. The molecule has 1 heterocycles. The Kier molecular flexibility index (Phi) is 5.81. The van der Waals surface area contributed by atoms with Crippen LogP contribution < -0.4 is 5.32 Å². The first-order valence-electron chi connectivity index (χ1n) is 5.78. The van der Waals surface area contributed by atoms with Crippen LogP contribution in [0.3, 0.4) is 0 Å². The summed E-state index contributed by atoms with van der Waals surface area (Å²) in [5, 5.41) is 13.5. The third kappa shape index (κ3) is 4.83. The van der Waals surface area contributed by atoms with Gasteiger partial charge < -0.3 is 15.3 Å². The van der Waals surface area contributed by atoms with Crippen molar-refractivity contribution in [1.29, 1.82) is 0 Å². The second-order valence-corrected chi connectivity index (χ2v) is 6.36. The summed E-state index contributed by atoms with van der Waals surface area (Å²) in [6, 6.07) is 1.27. The lowest BCUT2D eigenvalue weighted by Gasteiger charge is -2.22. The van der Waals surface area contributed by atoms with Gasteiger partial charge in [0.1, 0.15) is 0 Å². The summed E-state index contributed by atoms with van der Waals surface area (Å²) in [7, 11) is 1.68. The van der Waals surface area contributed by atoms with Crippen molar-refractivity contribution in [3.05, 3.63) is 20.8 Å². The van der Waals surface area contributed by atoms with Crippen molar-refractivity contribution in [2.45, 2.75) is 26.4 Å². The molecule has 0 aliphatic rings. The summed E-state index contributed by atoms with van der Waals surface area (Å²) in [4.78, 5) is 25.3. The van der Waals surface area contributed by atoms with Gasteiger partial charge in [0, 0.05) is 27.8 Å². The molecule has 1 rings (SSSR count). The molecule has 0 radical (unpaired) electrons. The Hall–Kier alpha value is -1.08. The highest BCUT2D eigenvalue weighted by molar-refractivity contribution is 9.10. The second kappa shape index (κ2) is 6.91. The lowest BCUT2D eigenvalue weighted by Crippen LogP contribution is -2.45. The van der Waals surface area contributed by atoms with Gasteiger partial charge in [-0.1, -0.05) is 0 Å². The molecule has 1 aromatic rings. The molecule has 0 saturated carbocycles. The number of nitrogens with zero attached hydrogens (tertiary/aromatic N) is 1. The summed E-state index contributed by atoms with van der Waals surface area (Å²) in [5.74, 6) is -1.54. The van der Waals surface area contributed by atoms with E-state index in [1.165, 1.54) is 4.90 Å². The maximum absolute atomic E-state index is 11.9. The molecule has 2 atom stereocenters. The molecule has 19 heavy (non-hydrogen) atoms. The Morgan fingerprint density at radius 3 is 2.63 bits per heavy atom. The quantitative estimate of drug-likeness (QED) is 0.859. The normalized spacial score (nSPS) is 13.7. The van der Waals surface area contributed by atoms with E-state index in [1.807, 2.05) is 11.4 Å². The lowest BCUT2D eigenvalue weighted by molar-refractivity contribution is -0.141. The predicted molar refractivity (Wildman–Crippen MR) is 78.3 cm³/mol. The zero-order valence-corrected chi connectivity index (χ0v) is 13.4. The zero-order valence-electron chi connectivity index (χ0n) is 11.0. The Bertz CT molecular complexity index is 464. The number of hydrogen-bond acceptors (Lipinski definition) is 3. The minimum absolute atomic E-state index is 0.273. The van der Waals surface area contributed by atoms with Gasteiger partial charge in [-0.05, 0) is 35.8 Å². The first kappa shape index (κ1) is 16.0. The molecule has 0 saturated heterocycles. The largest absolute Gasteiger partial charge is 0.481 e. The topological polar surface area (TPSA) is 69.6 Å². The Morgan fingerprint density at radius 1 is 1.53 bits per heavy atom. The van der Waals surface area contributed by atoms with Gasteiger partial charge in [-0.25, -0.2) is 4.79 Å². The number of carbonyl (C=O) groups excluding carboxylic acids is 1. The van der Waals surface area contributed by atoms with Gasteiger partial charge in [0.2, 0.25) is 0 Å². The molecule has 0 aliphatic carbocycles. The maximum Gasteiger partial charge on any atom is 0.317 e. The number of carbonyl (C=O) groups is 2. The summed E-state index contributed by atoms with van der Waals surface area (Å²) < 4.78 is 0.995. The first-order valence-corrected chi connectivity index (χ1v) is 7.46. The SMILES string of the molecule is CC(NC(=O)N(C)Cc1cc(Br)cs1)C(C)C(=O)O. The van der Waals surface area contributed by atoms with Crippen molar-refractivity contribution in [3.63, 3.8) is 0 Å². The van der Waals surface area contributed by atoms with Gasteiger partial charge in [-0.3, -0.25) is 4.79 Å². The number of aliphatic carboxylic acids is 1. The van der Waals surface area contributed by atoms with E-state index in [-0.39, 0.29) is 6.03 Å². The van der Waals surface area contributed by atoms with E-state index in [0.29, 0.717) is 6.54 Å². The standard InChI is InChI=1S/C12H17BrN2O3S/c1-7(11(16)17)8(2)14-12(18)15(3)5-10-4-9(13)6-19-10/h4,6-8H,5H2,1-3H3,(H,14,18)(H,16,17). The summed E-state index contributed by atoms with van der Waals surface area (Å²) in [6.07, 6.45) is 0. The van der Waals surface area contributed by atoms with E-state index in [1.54, 1.807) is 32.2 Å². The number of halogens is 1. The average Bonchev–Trinajstić information content (AvgIpc) is 2.73. The fourth-order valence-corrected chi connectivity index (χ4v) is 2.89. The van der Waals surface area contributed by atoms with E-state index >= 15 is 0 Å². The minimum Gasteiger partial charge on any atom is -0.481 e. The van der Waals surface area contributed by atoms with E-state index in [9.17, 15) is 9.59 Å². The van der Waals surface area contributed by atoms with Crippen LogP contribution in [-0.2, 0) is 11.3 Å². The van der Waals surface area contributed by atoms with Gasteiger partial charge in [-0.15, -0.1) is 11.3 Å². The van der Waals surface area contributed by atoms with Crippen LogP contribution in [0.2, 0.25) is 0 Å². The number of amides is 2. The van der Waals surface area contributed by atoms with Gasteiger partial charge in [0.15, 0.2) is 0 Å². The molecule has 2 unspecified atom stereocenters. The highest BCUT2D eigenvalue weighted by atomic mass is 79.9. The number of urea groups is 1. The molecule has 0 fully saturated rings. The van der Waals surface area contributed by atoms with Crippen molar-refractivity contribution >= 4 is 39.3 Å². The van der Waals surface area contributed by atoms with Crippen LogP contribution in [0.25, 0.3) is 0 Å². The summed E-state index contributed by atoms with van der Waals surface area (Å²) in [5.41, 5.74) is 0. The van der Waals surface area contributed by atoms with Crippen LogP contribution in [0.5, 0.6) is 0 Å². The number of thiophene rings is 1. The van der Waals surface area contributed by atoms with Crippen LogP contribution in [0, 0.1) is 5.92 Å². The van der Waals surface area contributed by atoms with Crippen LogP contribution in [0.1, 0.15) is 18.7 Å². The molecule has 5 nitrogen and oxygen atoms in total. The highest BCUT2D eigenvalue weighted by Crippen LogP contribution is 2.20. The minimum atomic E-state index is -0.919. The van der Waals surface area contributed by atoms with Crippen molar-refractivity contribution < 1.29 is 14.7 Å². The summed E-state index contributed by atoms with van der Waals surface area (Å²) >= 11 is 4.92. The van der Waals surface area contributed by atoms with E-state index < -0.39 is 17.9 Å². The Labute approximate surface area is 124 Å². The zero-order chi connectivity index (χ0) is 14.6. The molecule has 0 aromatic carbocycles. The van der Waals surface area contributed by atoms with Gasteiger partial charge in [-0.2, -0.15) is 0 Å². The van der Waals surface area contributed by atoms with E-state index in [0.717, 1.165) is 9.35 Å². The molecule has 2 N–H and O–H groups in total. The number of hydrogen-bond donors (Lipinski definition) is 2. The van der Waals surface area contributed by atoms with Crippen LogP contribution in [0.15, 0.2) is 15.9 Å². The van der Waals surface area contributed by atoms with Crippen LogP contribution in [-0.4, -0.2) is 35.1 Å². The molecule has 7 heteroatoms. The average molecular weight is 349 g/mol. The van der Waals surface area contributed by atoms with E-state index in [2.05, 4.69) is 21.2 Å². The third-order valence-corrected chi connectivity index (χ3v) is 4.53. The van der Waals surface area contributed by atoms with Crippen molar-refractivity contribution in [2.24, 2.45) is 5.92 Å². The van der Waals surface area contributed by atoms with Crippen LogP contribution >= 0.6 is 27.3 Å². The molecule has 2 amide bonds. The molecule has 1 aromatic heterocycles. The van der Waals surface area contributed by atoms with Crippen molar-refractivity contribution in [2.75, 3.05) is 7.05 Å². The Balaban J connectivity index is 2.51. The number of rotatable bonds is 5. The Morgan fingerprint density at radius 2 is 2.16 bits per heavy atom. The smallest absolute Gasteiger partial charge is 0.317 e. The second-order valence-electron chi connectivity index (χ2n) is 4.45. The summed E-state index contributed by atoms with van der Waals surface area (Å²) in [6.45, 7) is 3.76. The van der Waals surface area contributed by atoms with Crippen LogP contribution in [0.4, 0.5) is 4.79 Å². The molecule has 0 bridgehead atoms. The van der Waals surface area contributed by atoms with Gasteiger partial charge >= 0.3 is 12.0 Å². The fraction of sp³-hybridized carbons (Fsp3) is 0.500.